The summed E-state index contributed by atoms with van der Waals surface area (Å²) < 4.78 is 5.06. The lowest BCUT2D eigenvalue weighted by Gasteiger charge is -2.10. The molecule has 1 amide bonds. The molecule has 7 heteroatoms. The summed E-state index contributed by atoms with van der Waals surface area (Å²) in [7, 11) is 1.52. The van der Waals surface area contributed by atoms with Crippen LogP contribution in [0.4, 0.5) is 0 Å². The molecule has 1 N–H and O–H groups in total. The van der Waals surface area contributed by atoms with E-state index >= 15 is 0 Å². The molecule has 4 nitrogen and oxygen atoms in total. The first-order valence-corrected chi connectivity index (χ1v) is 6.57. The molecule has 0 bridgehead atoms. The van der Waals surface area contributed by atoms with Gasteiger partial charge < -0.3 is 10.1 Å². The summed E-state index contributed by atoms with van der Waals surface area (Å²) in [4.78, 5) is 15.8. The zero-order chi connectivity index (χ0) is 14.5. The van der Waals surface area contributed by atoms with Crippen molar-refractivity contribution in [3.8, 4) is 5.75 Å². The highest BCUT2D eigenvalue weighted by Gasteiger charge is 2.10. The van der Waals surface area contributed by atoms with Gasteiger partial charge in [-0.25, -0.2) is 0 Å². The van der Waals surface area contributed by atoms with E-state index in [2.05, 4.69) is 10.3 Å². The smallest absolute Gasteiger partial charge is 0.253 e. The minimum atomic E-state index is -0.221. The van der Waals surface area contributed by atoms with Crippen LogP contribution < -0.4 is 10.1 Å². The Kier molecular flexibility index (Phi) is 6.75. The van der Waals surface area contributed by atoms with Gasteiger partial charge in [-0.1, -0.05) is 23.2 Å². The maximum absolute atomic E-state index is 11.9. The van der Waals surface area contributed by atoms with Gasteiger partial charge in [0, 0.05) is 30.0 Å². The van der Waals surface area contributed by atoms with Crippen LogP contribution in [0.3, 0.4) is 0 Å². The molecule has 21 heavy (non-hydrogen) atoms. The predicted molar refractivity (Wildman–Crippen MR) is 85.7 cm³/mol. The molecule has 1 aromatic heterocycles. The van der Waals surface area contributed by atoms with Crippen molar-refractivity contribution in [1.29, 1.82) is 0 Å². The van der Waals surface area contributed by atoms with Gasteiger partial charge in [-0.3, -0.25) is 9.78 Å². The molecule has 0 spiro atoms. The molecule has 0 unspecified atom stereocenters. The van der Waals surface area contributed by atoms with Crippen LogP contribution in [0, 0.1) is 0 Å². The molecular weight excluding hydrogens is 335 g/mol. The minimum Gasteiger partial charge on any atom is -0.495 e. The van der Waals surface area contributed by atoms with Crippen molar-refractivity contribution >= 4 is 41.5 Å². The first kappa shape index (κ1) is 17.6. The molecule has 1 heterocycles. The van der Waals surface area contributed by atoms with Gasteiger partial charge >= 0.3 is 0 Å². The Morgan fingerprint density at radius 2 is 2.10 bits per heavy atom. The molecule has 0 aliphatic rings. The number of amides is 1. The second-order valence-electron chi connectivity index (χ2n) is 4.00. The van der Waals surface area contributed by atoms with E-state index in [0.29, 0.717) is 21.4 Å². The zero-order valence-electron chi connectivity index (χ0n) is 11.1. The quantitative estimate of drug-likeness (QED) is 0.916. The predicted octanol–water partition coefficient (Wildman–Crippen LogP) is 3.75. The highest BCUT2D eigenvalue weighted by Crippen LogP contribution is 2.30. The highest BCUT2D eigenvalue weighted by molar-refractivity contribution is 6.34. The molecular formula is C14H13Cl3N2O2. The van der Waals surface area contributed by atoms with Gasteiger partial charge in [-0.15, -0.1) is 12.4 Å². The monoisotopic (exact) mass is 346 g/mol. The number of pyridine rings is 1. The number of halogens is 3. The van der Waals surface area contributed by atoms with Crippen LogP contribution in [-0.2, 0) is 6.54 Å². The Hall–Kier alpha value is -1.49. The Balaban J connectivity index is 0.00000220. The van der Waals surface area contributed by atoms with Crippen LogP contribution in [0.25, 0.3) is 0 Å². The number of hydrogen-bond donors (Lipinski definition) is 1. The minimum absolute atomic E-state index is 0. The second-order valence-corrected chi connectivity index (χ2v) is 4.82. The maximum atomic E-state index is 11.9. The summed E-state index contributed by atoms with van der Waals surface area (Å²) in [5.41, 5.74) is 1.21. The summed E-state index contributed by atoms with van der Waals surface area (Å²) in [5.74, 6) is 0.278. The fourth-order valence-corrected chi connectivity index (χ4v) is 2.12. The Morgan fingerprint density at radius 1 is 1.33 bits per heavy atom. The SMILES string of the molecule is COc1cc(Cl)c(CNC(=O)c2cccnc2)cc1Cl.Cl. The molecule has 0 saturated heterocycles. The van der Waals surface area contributed by atoms with Crippen LogP contribution in [0.1, 0.15) is 15.9 Å². The third-order valence-electron chi connectivity index (χ3n) is 2.68. The third-order valence-corrected chi connectivity index (χ3v) is 3.33. The molecule has 0 fully saturated rings. The number of carbonyl (C=O) groups is 1. The number of benzene rings is 1. The van der Waals surface area contributed by atoms with Crippen LogP contribution in [0.2, 0.25) is 10.0 Å². The Bertz CT molecular complexity index is 621. The zero-order valence-corrected chi connectivity index (χ0v) is 13.4. The van der Waals surface area contributed by atoms with Crippen LogP contribution in [0.15, 0.2) is 36.7 Å². The molecule has 2 aromatic rings. The van der Waals surface area contributed by atoms with Gasteiger partial charge in [-0.2, -0.15) is 0 Å². The lowest BCUT2D eigenvalue weighted by molar-refractivity contribution is 0.0950. The molecule has 112 valence electrons. The summed E-state index contributed by atoms with van der Waals surface area (Å²) in [6.45, 7) is 0.274. The second kappa shape index (κ2) is 8.08. The fourth-order valence-electron chi connectivity index (χ4n) is 1.64. The van der Waals surface area contributed by atoms with Crippen molar-refractivity contribution in [2.75, 3.05) is 7.11 Å². The topological polar surface area (TPSA) is 51.2 Å². The van der Waals surface area contributed by atoms with Crippen LogP contribution >= 0.6 is 35.6 Å². The summed E-state index contributed by atoms with van der Waals surface area (Å²) >= 11 is 12.1. The molecule has 2 rings (SSSR count). The largest absolute Gasteiger partial charge is 0.495 e. The Labute approximate surface area is 138 Å². The van der Waals surface area contributed by atoms with Crippen molar-refractivity contribution in [2.45, 2.75) is 6.54 Å². The number of rotatable bonds is 4. The standard InChI is InChI=1S/C14H12Cl2N2O2.ClH/c1-20-13-6-11(15)10(5-12(13)16)8-18-14(19)9-3-2-4-17-7-9;/h2-7H,8H2,1H3,(H,18,19);1H. The number of ether oxygens (including phenoxy) is 1. The van der Waals surface area contributed by atoms with E-state index < -0.39 is 0 Å². The van der Waals surface area contributed by atoms with Crippen molar-refractivity contribution in [3.05, 3.63) is 57.8 Å². The molecule has 0 atom stereocenters. The van der Waals surface area contributed by atoms with Crippen LogP contribution in [0.5, 0.6) is 5.75 Å². The summed E-state index contributed by atoms with van der Waals surface area (Å²) in [6, 6.07) is 6.68. The Morgan fingerprint density at radius 3 is 2.71 bits per heavy atom. The van der Waals surface area contributed by atoms with Gasteiger partial charge in [-0.05, 0) is 23.8 Å². The van der Waals surface area contributed by atoms with Crippen molar-refractivity contribution < 1.29 is 9.53 Å². The molecule has 0 aliphatic carbocycles. The van der Waals surface area contributed by atoms with Gasteiger partial charge in [0.15, 0.2) is 0 Å². The van der Waals surface area contributed by atoms with E-state index in [9.17, 15) is 4.79 Å². The van der Waals surface area contributed by atoms with E-state index in [1.54, 1.807) is 30.5 Å². The van der Waals surface area contributed by atoms with Crippen molar-refractivity contribution in [2.24, 2.45) is 0 Å². The first-order chi connectivity index (χ1) is 9.61. The fraction of sp³-hybridized carbons (Fsp3) is 0.143. The number of methoxy groups -OCH3 is 1. The van der Waals surface area contributed by atoms with E-state index in [0.717, 1.165) is 5.56 Å². The molecule has 0 saturated carbocycles. The number of nitrogens with one attached hydrogen (secondary N) is 1. The van der Waals surface area contributed by atoms with E-state index in [4.69, 9.17) is 27.9 Å². The summed E-state index contributed by atoms with van der Waals surface area (Å²) in [5, 5.41) is 3.69. The number of carbonyl (C=O) groups excluding carboxylic acids is 1. The average Bonchev–Trinajstić information content (AvgIpc) is 2.48. The normalized spacial score (nSPS) is 9.67. The van der Waals surface area contributed by atoms with Gasteiger partial charge in [0.2, 0.25) is 0 Å². The first-order valence-electron chi connectivity index (χ1n) is 5.82. The molecule has 0 aliphatic heterocycles. The highest BCUT2D eigenvalue weighted by atomic mass is 35.5. The van der Waals surface area contributed by atoms with Crippen LogP contribution in [-0.4, -0.2) is 18.0 Å². The number of hydrogen-bond acceptors (Lipinski definition) is 3. The van der Waals surface area contributed by atoms with Crippen molar-refractivity contribution in [1.82, 2.24) is 10.3 Å². The third kappa shape index (κ3) is 4.49. The van der Waals surface area contributed by atoms with E-state index in [1.165, 1.54) is 13.3 Å². The molecule has 0 radical (unpaired) electrons. The van der Waals surface area contributed by atoms with E-state index in [1.807, 2.05) is 0 Å². The van der Waals surface area contributed by atoms with Gasteiger partial charge in [0.25, 0.3) is 5.91 Å². The van der Waals surface area contributed by atoms with Crippen molar-refractivity contribution in [3.63, 3.8) is 0 Å². The maximum Gasteiger partial charge on any atom is 0.253 e. The van der Waals surface area contributed by atoms with E-state index in [-0.39, 0.29) is 24.9 Å². The average molecular weight is 348 g/mol. The number of aromatic nitrogens is 1. The molecule has 1 aromatic carbocycles. The lowest BCUT2D eigenvalue weighted by atomic mass is 10.2. The van der Waals surface area contributed by atoms with Gasteiger partial charge in [0.1, 0.15) is 5.75 Å². The summed E-state index contributed by atoms with van der Waals surface area (Å²) in [6.07, 6.45) is 3.11. The number of nitrogens with zero attached hydrogens (tertiary/aromatic N) is 1. The van der Waals surface area contributed by atoms with Gasteiger partial charge in [0.05, 0.1) is 17.7 Å². The lowest BCUT2D eigenvalue weighted by Crippen LogP contribution is -2.23.